The molecule has 4 nitrogen and oxygen atoms in total. The SMILES string of the molecule is C=C(OC(C)=O)c1ccc2c(c1)COc1cc3c(cc1-2)CCCC3=O. The minimum Gasteiger partial charge on any atom is -0.488 e. The van der Waals surface area contributed by atoms with Crippen LogP contribution < -0.4 is 4.74 Å². The van der Waals surface area contributed by atoms with Crippen molar-refractivity contribution in [3.8, 4) is 16.9 Å². The molecule has 0 saturated heterocycles. The maximum absolute atomic E-state index is 12.1. The second kappa shape index (κ2) is 5.88. The molecule has 0 saturated carbocycles. The number of fused-ring (bicyclic) bond motifs is 4. The van der Waals surface area contributed by atoms with E-state index in [-0.39, 0.29) is 11.8 Å². The summed E-state index contributed by atoms with van der Waals surface area (Å²) in [6, 6.07) is 9.80. The van der Waals surface area contributed by atoms with Gasteiger partial charge in [-0.05, 0) is 47.7 Å². The molecular formula is C21H18O4. The van der Waals surface area contributed by atoms with E-state index in [0.29, 0.717) is 18.8 Å². The van der Waals surface area contributed by atoms with Crippen molar-refractivity contribution in [1.82, 2.24) is 0 Å². The fourth-order valence-electron chi connectivity index (χ4n) is 3.53. The summed E-state index contributed by atoms with van der Waals surface area (Å²) in [4.78, 5) is 23.2. The van der Waals surface area contributed by atoms with Crippen LogP contribution in [0.25, 0.3) is 16.9 Å². The van der Waals surface area contributed by atoms with E-state index in [9.17, 15) is 9.59 Å². The van der Waals surface area contributed by atoms with Gasteiger partial charge in [0.05, 0.1) is 0 Å². The van der Waals surface area contributed by atoms with Gasteiger partial charge in [-0.2, -0.15) is 0 Å². The van der Waals surface area contributed by atoms with E-state index in [4.69, 9.17) is 9.47 Å². The highest BCUT2D eigenvalue weighted by molar-refractivity contribution is 6.00. The van der Waals surface area contributed by atoms with Crippen molar-refractivity contribution >= 4 is 17.5 Å². The third-order valence-corrected chi connectivity index (χ3v) is 4.72. The minimum atomic E-state index is -0.388. The Bertz CT molecular complexity index is 924. The Hall–Kier alpha value is -2.88. The molecule has 0 spiro atoms. The lowest BCUT2D eigenvalue weighted by Crippen LogP contribution is -2.14. The first-order valence-electron chi connectivity index (χ1n) is 8.37. The smallest absolute Gasteiger partial charge is 0.308 e. The van der Waals surface area contributed by atoms with Crippen molar-refractivity contribution in [2.45, 2.75) is 32.8 Å². The molecule has 1 aliphatic heterocycles. The van der Waals surface area contributed by atoms with Crippen LogP contribution >= 0.6 is 0 Å². The number of Topliss-reactive ketones (excluding diaryl/α,β-unsaturated/α-hetero) is 1. The van der Waals surface area contributed by atoms with Gasteiger partial charge in [0.1, 0.15) is 18.1 Å². The molecular weight excluding hydrogens is 316 g/mol. The first-order valence-corrected chi connectivity index (χ1v) is 8.37. The van der Waals surface area contributed by atoms with E-state index >= 15 is 0 Å². The standard InChI is InChI=1S/C21H18O4/c1-12(25-13(2)22)14-6-7-17-16(8-14)11-24-21-10-18-15(9-19(17)21)4-3-5-20(18)23/h6-10H,1,3-5,11H2,2H3. The molecule has 4 heteroatoms. The maximum Gasteiger partial charge on any atom is 0.308 e. The van der Waals surface area contributed by atoms with Gasteiger partial charge in [0.2, 0.25) is 0 Å². The molecule has 0 aromatic heterocycles. The Balaban J connectivity index is 1.76. The topological polar surface area (TPSA) is 52.6 Å². The van der Waals surface area contributed by atoms with Crippen molar-refractivity contribution in [1.29, 1.82) is 0 Å². The normalized spacial score (nSPS) is 14.7. The van der Waals surface area contributed by atoms with Gasteiger partial charge in [-0.25, -0.2) is 0 Å². The van der Waals surface area contributed by atoms with Gasteiger partial charge in [-0.1, -0.05) is 18.7 Å². The van der Waals surface area contributed by atoms with Gasteiger partial charge < -0.3 is 9.47 Å². The molecule has 1 aliphatic carbocycles. The van der Waals surface area contributed by atoms with Crippen LogP contribution in [-0.2, 0) is 22.6 Å². The predicted molar refractivity (Wildman–Crippen MR) is 94.3 cm³/mol. The summed E-state index contributed by atoms with van der Waals surface area (Å²) in [6.07, 6.45) is 2.44. The van der Waals surface area contributed by atoms with E-state index in [1.54, 1.807) is 0 Å². The average Bonchev–Trinajstić information content (AvgIpc) is 2.59. The Labute approximate surface area is 146 Å². The molecule has 4 rings (SSSR count). The van der Waals surface area contributed by atoms with Crippen molar-refractivity contribution in [2.75, 3.05) is 0 Å². The van der Waals surface area contributed by atoms with Crippen LogP contribution in [0.3, 0.4) is 0 Å². The molecule has 25 heavy (non-hydrogen) atoms. The highest BCUT2D eigenvalue weighted by Gasteiger charge is 2.24. The number of carbonyl (C=O) groups is 2. The number of carbonyl (C=O) groups excluding carboxylic acids is 2. The predicted octanol–water partition coefficient (Wildman–Crippen LogP) is 4.30. The fourth-order valence-corrected chi connectivity index (χ4v) is 3.53. The van der Waals surface area contributed by atoms with Crippen molar-refractivity contribution in [3.05, 3.63) is 59.2 Å². The van der Waals surface area contributed by atoms with Crippen molar-refractivity contribution < 1.29 is 19.1 Å². The monoisotopic (exact) mass is 334 g/mol. The summed E-state index contributed by atoms with van der Waals surface area (Å²) >= 11 is 0. The zero-order valence-electron chi connectivity index (χ0n) is 14.1. The molecule has 0 N–H and O–H groups in total. The fraction of sp³-hybridized carbons (Fsp3) is 0.238. The number of ketones is 1. The van der Waals surface area contributed by atoms with Crippen LogP contribution in [0.15, 0.2) is 36.9 Å². The lowest BCUT2D eigenvalue weighted by molar-refractivity contribution is -0.134. The van der Waals surface area contributed by atoms with Gasteiger partial charge >= 0.3 is 5.97 Å². The molecule has 0 radical (unpaired) electrons. The molecule has 2 aliphatic rings. The van der Waals surface area contributed by atoms with Crippen LogP contribution in [0.5, 0.6) is 5.75 Å². The Kier molecular flexibility index (Phi) is 3.68. The van der Waals surface area contributed by atoms with E-state index in [0.717, 1.165) is 52.0 Å². The van der Waals surface area contributed by atoms with E-state index in [2.05, 4.69) is 12.6 Å². The second-order valence-electron chi connectivity index (χ2n) is 6.46. The highest BCUT2D eigenvalue weighted by atomic mass is 16.5. The molecule has 126 valence electrons. The number of esters is 1. The number of ether oxygens (including phenoxy) is 2. The summed E-state index contributed by atoms with van der Waals surface area (Å²) in [5, 5.41) is 0. The second-order valence-corrected chi connectivity index (χ2v) is 6.46. The number of hydrogen-bond acceptors (Lipinski definition) is 4. The first kappa shape index (κ1) is 15.6. The lowest BCUT2D eigenvalue weighted by Gasteiger charge is -2.25. The van der Waals surface area contributed by atoms with Crippen LogP contribution in [0.1, 0.15) is 46.8 Å². The van der Waals surface area contributed by atoms with Crippen LogP contribution in [0.4, 0.5) is 0 Å². The molecule has 0 unspecified atom stereocenters. The summed E-state index contributed by atoms with van der Waals surface area (Å²) < 4.78 is 11.0. The third-order valence-electron chi connectivity index (χ3n) is 4.72. The van der Waals surface area contributed by atoms with Crippen LogP contribution in [-0.4, -0.2) is 11.8 Å². The van der Waals surface area contributed by atoms with Gasteiger partial charge in [0.25, 0.3) is 0 Å². The number of benzene rings is 2. The third kappa shape index (κ3) is 2.74. The average molecular weight is 334 g/mol. The van der Waals surface area contributed by atoms with E-state index in [1.807, 2.05) is 24.3 Å². The summed E-state index contributed by atoms with van der Waals surface area (Å²) in [5.41, 5.74) is 5.77. The molecule has 0 atom stereocenters. The largest absolute Gasteiger partial charge is 0.488 e. The van der Waals surface area contributed by atoms with Crippen molar-refractivity contribution in [3.63, 3.8) is 0 Å². The molecule has 2 aromatic carbocycles. The number of aryl methyl sites for hydroxylation is 1. The number of hydrogen-bond donors (Lipinski definition) is 0. The Morgan fingerprint density at radius 1 is 1.08 bits per heavy atom. The van der Waals surface area contributed by atoms with Crippen LogP contribution in [0.2, 0.25) is 0 Å². The van der Waals surface area contributed by atoms with E-state index < -0.39 is 0 Å². The summed E-state index contributed by atoms with van der Waals surface area (Å²) in [5.74, 6) is 0.900. The Morgan fingerprint density at radius 3 is 2.72 bits per heavy atom. The zero-order valence-corrected chi connectivity index (χ0v) is 14.1. The summed E-state index contributed by atoms with van der Waals surface area (Å²) in [6.45, 7) is 5.57. The highest BCUT2D eigenvalue weighted by Crippen LogP contribution is 2.41. The first-order chi connectivity index (χ1) is 12.0. The van der Waals surface area contributed by atoms with Gasteiger partial charge in [0, 0.05) is 30.0 Å². The lowest BCUT2D eigenvalue weighted by atomic mass is 9.86. The molecule has 2 aromatic rings. The van der Waals surface area contributed by atoms with Gasteiger partial charge in [-0.15, -0.1) is 0 Å². The maximum atomic E-state index is 12.1. The van der Waals surface area contributed by atoms with Crippen LogP contribution in [0, 0.1) is 0 Å². The van der Waals surface area contributed by atoms with Gasteiger partial charge in [0.15, 0.2) is 5.78 Å². The minimum absolute atomic E-state index is 0.200. The molecule has 0 bridgehead atoms. The molecule has 0 amide bonds. The zero-order chi connectivity index (χ0) is 17.6. The molecule has 1 heterocycles. The van der Waals surface area contributed by atoms with Gasteiger partial charge in [-0.3, -0.25) is 9.59 Å². The quantitative estimate of drug-likeness (QED) is 0.607. The summed E-state index contributed by atoms with van der Waals surface area (Å²) in [7, 11) is 0. The van der Waals surface area contributed by atoms with E-state index in [1.165, 1.54) is 6.92 Å². The number of rotatable bonds is 2. The Morgan fingerprint density at radius 2 is 1.92 bits per heavy atom. The molecule has 0 fully saturated rings. The van der Waals surface area contributed by atoms with Crippen molar-refractivity contribution in [2.24, 2.45) is 0 Å².